The summed E-state index contributed by atoms with van der Waals surface area (Å²) in [7, 11) is 1.60. The average molecular weight is 284 g/mol. The standard InChI is InChI=1S/C17H20N2O2/c1-12-5-3-4-6-13(12)10-17(20)19-11-14-9-15(18)7-8-16(14)21-2/h3-9H,10-11,18H2,1-2H3,(H,19,20). The lowest BCUT2D eigenvalue weighted by Gasteiger charge is -2.11. The maximum Gasteiger partial charge on any atom is 0.224 e. The molecule has 0 aliphatic carbocycles. The Kier molecular flexibility index (Phi) is 4.82. The van der Waals surface area contributed by atoms with Crippen LogP contribution in [0.2, 0.25) is 0 Å². The van der Waals surface area contributed by atoms with Crippen molar-refractivity contribution in [1.82, 2.24) is 5.32 Å². The number of carbonyl (C=O) groups is 1. The normalized spacial score (nSPS) is 10.2. The van der Waals surface area contributed by atoms with Gasteiger partial charge in [0.25, 0.3) is 0 Å². The number of nitrogen functional groups attached to an aromatic ring is 1. The van der Waals surface area contributed by atoms with Crippen molar-refractivity contribution >= 4 is 11.6 Å². The molecule has 0 spiro atoms. The van der Waals surface area contributed by atoms with Gasteiger partial charge in [-0.1, -0.05) is 24.3 Å². The van der Waals surface area contributed by atoms with Crippen molar-refractivity contribution in [1.29, 1.82) is 0 Å². The molecule has 0 unspecified atom stereocenters. The van der Waals surface area contributed by atoms with Crippen LogP contribution in [-0.4, -0.2) is 13.0 Å². The summed E-state index contributed by atoms with van der Waals surface area (Å²) in [6, 6.07) is 13.3. The van der Waals surface area contributed by atoms with E-state index >= 15 is 0 Å². The third-order valence-electron chi connectivity index (χ3n) is 3.39. The Morgan fingerprint density at radius 1 is 1.19 bits per heavy atom. The SMILES string of the molecule is COc1ccc(N)cc1CNC(=O)Cc1ccccc1C. The molecule has 0 saturated heterocycles. The van der Waals surface area contributed by atoms with E-state index in [2.05, 4.69) is 5.32 Å². The molecule has 110 valence electrons. The Balaban J connectivity index is 1.98. The third-order valence-corrected chi connectivity index (χ3v) is 3.39. The number of benzene rings is 2. The maximum atomic E-state index is 12.0. The molecule has 0 radical (unpaired) electrons. The van der Waals surface area contributed by atoms with Crippen molar-refractivity contribution < 1.29 is 9.53 Å². The van der Waals surface area contributed by atoms with E-state index in [-0.39, 0.29) is 5.91 Å². The highest BCUT2D eigenvalue weighted by atomic mass is 16.5. The molecule has 4 nitrogen and oxygen atoms in total. The molecule has 0 aliphatic heterocycles. The van der Waals surface area contributed by atoms with Gasteiger partial charge in [0.05, 0.1) is 13.5 Å². The van der Waals surface area contributed by atoms with E-state index in [1.807, 2.05) is 37.3 Å². The van der Waals surface area contributed by atoms with Crippen LogP contribution in [0.4, 0.5) is 5.69 Å². The van der Waals surface area contributed by atoms with Gasteiger partial charge >= 0.3 is 0 Å². The molecule has 4 heteroatoms. The Morgan fingerprint density at radius 2 is 1.95 bits per heavy atom. The zero-order valence-electron chi connectivity index (χ0n) is 12.3. The van der Waals surface area contributed by atoms with Crippen molar-refractivity contribution in [3.63, 3.8) is 0 Å². The fourth-order valence-electron chi connectivity index (χ4n) is 2.17. The van der Waals surface area contributed by atoms with E-state index in [4.69, 9.17) is 10.5 Å². The first-order chi connectivity index (χ1) is 10.1. The molecule has 21 heavy (non-hydrogen) atoms. The number of rotatable bonds is 5. The molecule has 0 heterocycles. The third kappa shape index (κ3) is 3.99. The molecule has 0 saturated carbocycles. The number of aryl methyl sites for hydroxylation is 1. The van der Waals surface area contributed by atoms with Gasteiger partial charge in [-0.15, -0.1) is 0 Å². The first-order valence-corrected chi connectivity index (χ1v) is 6.83. The summed E-state index contributed by atoms with van der Waals surface area (Å²) < 4.78 is 5.26. The first kappa shape index (κ1) is 14.9. The minimum absolute atomic E-state index is 0.0197. The van der Waals surface area contributed by atoms with Crippen molar-refractivity contribution in [2.24, 2.45) is 0 Å². The molecule has 1 amide bonds. The van der Waals surface area contributed by atoms with Gasteiger partial charge in [-0.3, -0.25) is 4.79 Å². The highest BCUT2D eigenvalue weighted by Crippen LogP contribution is 2.20. The molecule has 2 aromatic carbocycles. The highest BCUT2D eigenvalue weighted by Gasteiger charge is 2.08. The number of hydrogen-bond donors (Lipinski definition) is 2. The summed E-state index contributed by atoms with van der Waals surface area (Å²) in [6.07, 6.45) is 0.372. The van der Waals surface area contributed by atoms with Crippen LogP contribution in [0.15, 0.2) is 42.5 Å². The summed E-state index contributed by atoms with van der Waals surface area (Å²) >= 11 is 0. The van der Waals surface area contributed by atoms with Gasteiger partial charge in [0, 0.05) is 17.8 Å². The van der Waals surface area contributed by atoms with Crippen LogP contribution in [-0.2, 0) is 17.8 Å². The minimum Gasteiger partial charge on any atom is -0.496 e. The summed E-state index contributed by atoms with van der Waals surface area (Å²) in [5.74, 6) is 0.703. The molecule has 0 bridgehead atoms. The van der Waals surface area contributed by atoms with Gasteiger partial charge in [0.1, 0.15) is 5.75 Å². The zero-order valence-corrected chi connectivity index (χ0v) is 12.3. The topological polar surface area (TPSA) is 64.3 Å². The summed E-state index contributed by atoms with van der Waals surface area (Å²) in [5.41, 5.74) is 9.44. The Labute approximate surface area is 124 Å². The van der Waals surface area contributed by atoms with Gasteiger partial charge in [-0.25, -0.2) is 0 Å². The molecule has 0 atom stereocenters. The van der Waals surface area contributed by atoms with E-state index in [1.54, 1.807) is 19.2 Å². The van der Waals surface area contributed by atoms with Gasteiger partial charge in [-0.2, -0.15) is 0 Å². The summed E-state index contributed by atoms with van der Waals surface area (Å²) in [6.45, 7) is 2.41. The lowest BCUT2D eigenvalue weighted by atomic mass is 10.1. The number of carbonyl (C=O) groups excluding carboxylic acids is 1. The fraction of sp³-hybridized carbons (Fsp3) is 0.235. The lowest BCUT2D eigenvalue weighted by molar-refractivity contribution is -0.120. The number of hydrogen-bond acceptors (Lipinski definition) is 3. The number of nitrogens with two attached hydrogens (primary N) is 1. The van der Waals surface area contributed by atoms with Crippen LogP contribution in [0.1, 0.15) is 16.7 Å². The Bertz CT molecular complexity index is 638. The number of nitrogens with one attached hydrogen (secondary N) is 1. The molecule has 3 N–H and O–H groups in total. The van der Waals surface area contributed by atoms with Crippen molar-refractivity contribution in [2.45, 2.75) is 19.9 Å². The van der Waals surface area contributed by atoms with Gasteiger partial charge in [0.2, 0.25) is 5.91 Å². The van der Waals surface area contributed by atoms with Crippen LogP contribution in [0.3, 0.4) is 0 Å². The summed E-state index contributed by atoms with van der Waals surface area (Å²) in [4.78, 5) is 12.0. The Hall–Kier alpha value is -2.49. The van der Waals surface area contributed by atoms with E-state index < -0.39 is 0 Å². The summed E-state index contributed by atoms with van der Waals surface area (Å²) in [5, 5.41) is 2.90. The maximum absolute atomic E-state index is 12.0. The second-order valence-electron chi connectivity index (χ2n) is 4.95. The van der Waals surface area contributed by atoms with Crippen LogP contribution < -0.4 is 15.8 Å². The van der Waals surface area contributed by atoms with E-state index in [1.165, 1.54) is 0 Å². The second kappa shape index (κ2) is 6.79. The highest BCUT2D eigenvalue weighted by molar-refractivity contribution is 5.79. The molecule has 0 aliphatic rings. The predicted molar refractivity (Wildman–Crippen MR) is 84.1 cm³/mol. The molecule has 0 fully saturated rings. The average Bonchev–Trinajstić information content (AvgIpc) is 2.48. The van der Waals surface area contributed by atoms with Crippen LogP contribution in [0, 0.1) is 6.92 Å². The quantitative estimate of drug-likeness (QED) is 0.829. The largest absolute Gasteiger partial charge is 0.496 e. The number of amides is 1. The fourth-order valence-corrected chi connectivity index (χ4v) is 2.17. The van der Waals surface area contributed by atoms with Crippen molar-refractivity contribution in [3.8, 4) is 5.75 Å². The van der Waals surface area contributed by atoms with Crippen LogP contribution in [0.25, 0.3) is 0 Å². The first-order valence-electron chi connectivity index (χ1n) is 6.83. The molecule has 0 aromatic heterocycles. The van der Waals surface area contributed by atoms with Gasteiger partial charge < -0.3 is 15.8 Å². The Morgan fingerprint density at radius 3 is 2.67 bits per heavy atom. The second-order valence-corrected chi connectivity index (χ2v) is 4.95. The smallest absolute Gasteiger partial charge is 0.224 e. The zero-order chi connectivity index (χ0) is 15.2. The van der Waals surface area contributed by atoms with E-state index in [0.29, 0.717) is 18.7 Å². The van der Waals surface area contributed by atoms with Crippen LogP contribution >= 0.6 is 0 Å². The number of methoxy groups -OCH3 is 1. The number of ether oxygens (including phenoxy) is 1. The monoisotopic (exact) mass is 284 g/mol. The van der Waals surface area contributed by atoms with Crippen molar-refractivity contribution in [3.05, 3.63) is 59.2 Å². The molecular formula is C17H20N2O2. The predicted octanol–water partition coefficient (Wildman–Crippen LogP) is 2.44. The molecule has 2 aromatic rings. The van der Waals surface area contributed by atoms with Gasteiger partial charge in [-0.05, 0) is 36.2 Å². The van der Waals surface area contributed by atoms with E-state index in [9.17, 15) is 4.79 Å². The molecular weight excluding hydrogens is 264 g/mol. The van der Waals surface area contributed by atoms with Crippen LogP contribution in [0.5, 0.6) is 5.75 Å². The molecule has 2 rings (SSSR count). The minimum atomic E-state index is -0.0197. The van der Waals surface area contributed by atoms with Gasteiger partial charge in [0.15, 0.2) is 0 Å². The van der Waals surface area contributed by atoms with Crippen molar-refractivity contribution in [2.75, 3.05) is 12.8 Å². The lowest BCUT2D eigenvalue weighted by Crippen LogP contribution is -2.25. The van der Waals surface area contributed by atoms with E-state index in [0.717, 1.165) is 22.4 Å². The number of anilines is 1.